The first-order valence-electron chi connectivity index (χ1n) is 7.96. The van der Waals surface area contributed by atoms with Crippen LogP contribution in [0.25, 0.3) is 10.2 Å². The van der Waals surface area contributed by atoms with Gasteiger partial charge in [-0.3, -0.25) is 9.59 Å². The zero-order valence-electron chi connectivity index (χ0n) is 14.2. The molecule has 0 aliphatic carbocycles. The Balaban J connectivity index is 1.97. The van der Waals surface area contributed by atoms with Crippen molar-refractivity contribution in [3.63, 3.8) is 0 Å². The molecule has 1 N–H and O–H groups in total. The Kier molecular flexibility index (Phi) is 4.84. The van der Waals surface area contributed by atoms with Gasteiger partial charge in [-0.05, 0) is 18.4 Å². The van der Waals surface area contributed by atoms with E-state index in [1.165, 1.54) is 28.4 Å². The maximum absolute atomic E-state index is 12.7. The van der Waals surface area contributed by atoms with Crippen molar-refractivity contribution in [1.29, 1.82) is 0 Å². The monoisotopic (exact) mass is 358 g/mol. The van der Waals surface area contributed by atoms with Crippen LogP contribution in [0.2, 0.25) is 0 Å². The van der Waals surface area contributed by atoms with Crippen molar-refractivity contribution >= 4 is 33.1 Å². The molecule has 0 atom stereocenters. The number of thiazole rings is 1. The van der Waals surface area contributed by atoms with Gasteiger partial charge in [0.25, 0.3) is 5.56 Å². The van der Waals surface area contributed by atoms with Gasteiger partial charge in [0.05, 0.1) is 28.8 Å². The highest BCUT2D eigenvalue weighted by Gasteiger charge is 2.19. The molecule has 0 aliphatic rings. The van der Waals surface area contributed by atoms with Crippen molar-refractivity contribution in [2.45, 2.75) is 39.7 Å². The van der Waals surface area contributed by atoms with Gasteiger partial charge in [-0.25, -0.2) is 9.67 Å². The Hall–Kier alpha value is -2.68. The molecule has 0 saturated heterocycles. The predicted molar refractivity (Wildman–Crippen MR) is 95.8 cm³/mol. The molecule has 0 aromatic carbocycles. The zero-order valence-corrected chi connectivity index (χ0v) is 15.0. The van der Waals surface area contributed by atoms with E-state index >= 15 is 0 Å². The van der Waals surface area contributed by atoms with E-state index in [0.717, 1.165) is 17.1 Å². The molecule has 0 aliphatic heterocycles. The lowest BCUT2D eigenvalue weighted by atomic mass is 10.1. The summed E-state index contributed by atoms with van der Waals surface area (Å²) in [5.41, 5.74) is 1.60. The summed E-state index contributed by atoms with van der Waals surface area (Å²) in [5.74, 6) is -0.259. The molecule has 3 heterocycles. The summed E-state index contributed by atoms with van der Waals surface area (Å²) in [5, 5.41) is 15.3. The highest BCUT2D eigenvalue weighted by molar-refractivity contribution is 7.18. The summed E-state index contributed by atoms with van der Waals surface area (Å²) in [6.45, 7) is 5.81. The van der Waals surface area contributed by atoms with Crippen LogP contribution in [0.3, 0.4) is 0 Å². The molecule has 130 valence electrons. The summed E-state index contributed by atoms with van der Waals surface area (Å²) >= 11 is 1.37. The number of rotatable bonds is 5. The van der Waals surface area contributed by atoms with E-state index in [2.05, 4.69) is 25.6 Å². The summed E-state index contributed by atoms with van der Waals surface area (Å²) in [6, 6.07) is 1.63. The normalized spacial score (nSPS) is 11.2. The quantitative estimate of drug-likeness (QED) is 0.748. The minimum atomic E-state index is -0.350. The van der Waals surface area contributed by atoms with E-state index in [0.29, 0.717) is 15.9 Å². The second-order valence-corrected chi connectivity index (χ2v) is 6.90. The minimum absolute atomic E-state index is 0.0913. The molecule has 0 spiro atoms. The Labute approximate surface area is 147 Å². The lowest BCUT2D eigenvalue weighted by Crippen LogP contribution is -2.30. The Bertz CT molecular complexity index is 964. The summed E-state index contributed by atoms with van der Waals surface area (Å²) < 4.78 is 1.76. The predicted octanol–water partition coefficient (Wildman–Crippen LogP) is 1.97. The molecule has 0 bridgehead atoms. The third kappa shape index (κ3) is 3.55. The first kappa shape index (κ1) is 17.2. The van der Waals surface area contributed by atoms with E-state index in [1.54, 1.807) is 6.07 Å². The van der Waals surface area contributed by atoms with Crippen molar-refractivity contribution in [3.05, 3.63) is 39.5 Å². The smallest absolute Gasteiger partial charge is 0.286 e. The summed E-state index contributed by atoms with van der Waals surface area (Å²) in [6.07, 6.45) is 3.67. The molecule has 3 aromatic heterocycles. The van der Waals surface area contributed by atoms with Crippen molar-refractivity contribution < 1.29 is 4.79 Å². The molecule has 9 heteroatoms. The Morgan fingerprint density at radius 2 is 2.16 bits per heavy atom. The van der Waals surface area contributed by atoms with Gasteiger partial charge < -0.3 is 5.32 Å². The van der Waals surface area contributed by atoms with Crippen LogP contribution in [-0.2, 0) is 17.8 Å². The molecule has 3 aromatic rings. The first-order chi connectivity index (χ1) is 12.0. The number of amides is 1. The lowest BCUT2D eigenvalue weighted by molar-refractivity contribution is -0.117. The van der Waals surface area contributed by atoms with E-state index in [-0.39, 0.29) is 23.9 Å². The van der Waals surface area contributed by atoms with Gasteiger partial charge in [0.1, 0.15) is 16.8 Å². The molecule has 8 nitrogen and oxygen atoms in total. The van der Waals surface area contributed by atoms with Gasteiger partial charge in [-0.2, -0.15) is 15.3 Å². The van der Waals surface area contributed by atoms with Gasteiger partial charge >= 0.3 is 0 Å². The number of nitrogens with one attached hydrogen (secondary N) is 1. The summed E-state index contributed by atoms with van der Waals surface area (Å²) in [7, 11) is 0. The number of fused-ring (bicyclic) bond motifs is 1. The average Bonchev–Trinajstić information content (AvgIpc) is 3.02. The number of aromatic nitrogens is 5. The molecule has 25 heavy (non-hydrogen) atoms. The molecule has 1 amide bonds. The molecular weight excluding hydrogens is 340 g/mol. The maximum atomic E-state index is 12.7. The second-order valence-electron chi connectivity index (χ2n) is 5.82. The largest absolute Gasteiger partial charge is 0.323 e. The number of hydrogen-bond acceptors (Lipinski definition) is 7. The van der Waals surface area contributed by atoms with Crippen LogP contribution in [0, 0.1) is 0 Å². The number of nitrogens with zero attached hydrogens (tertiary/aromatic N) is 5. The van der Waals surface area contributed by atoms with E-state index in [9.17, 15) is 9.59 Å². The number of carbonyl (C=O) groups excluding carboxylic acids is 1. The van der Waals surface area contributed by atoms with E-state index < -0.39 is 0 Å². The van der Waals surface area contributed by atoms with Crippen molar-refractivity contribution in [2.24, 2.45) is 0 Å². The second kappa shape index (κ2) is 7.06. The van der Waals surface area contributed by atoms with Crippen LogP contribution in [0.1, 0.15) is 37.4 Å². The van der Waals surface area contributed by atoms with Crippen molar-refractivity contribution in [3.8, 4) is 0 Å². The topological polar surface area (TPSA) is 103 Å². The number of carbonyl (C=O) groups is 1. The first-order valence-corrected chi connectivity index (χ1v) is 8.78. The lowest BCUT2D eigenvalue weighted by Gasteiger charge is -2.10. The van der Waals surface area contributed by atoms with Crippen LogP contribution in [0.4, 0.5) is 5.69 Å². The molecule has 0 radical (unpaired) electrons. The number of aryl methyl sites for hydroxylation is 1. The molecule has 0 fully saturated rings. The molecule has 0 saturated carbocycles. The third-order valence-electron chi connectivity index (χ3n) is 3.58. The van der Waals surface area contributed by atoms with Crippen LogP contribution < -0.4 is 10.9 Å². The molecule has 0 unspecified atom stereocenters. The van der Waals surface area contributed by atoms with Crippen LogP contribution in [0.5, 0.6) is 0 Å². The van der Waals surface area contributed by atoms with Gasteiger partial charge in [-0.1, -0.05) is 20.8 Å². The fraction of sp³-hybridized carbons (Fsp3) is 0.375. The fourth-order valence-corrected chi connectivity index (χ4v) is 3.33. The zero-order chi connectivity index (χ0) is 18.0. The van der Waals surface area contributed by atoms with E-state index in [4.69, 9.17) is 0 Å². The Morgan fingerprint density at radius 1 is 1.36 bits per heavy atom. The van der Waals surface area contributed by atoms with Crippen molar-refractivity contribution in [1.82, 2.24) is 25.0 Å². The standard InChI is InChI=1S/C16H18N6O2S/c1-4-12-20-14-13(9(2)3)21-22(16(24)15(14)25-12)8-11(23)19-10-5-6-17-18-7-10/h5-7,9H,4,8H2,1-3H3,(H,17,19,23). The highest BCUT2D eigenvalue weighted by atomic mass is 32.1. The van der Waals surface area contributed by atoms with Crippen LogP contribution >= 0.6 is 11.3 Å². The molecule has 3 rings (SSSR count). The SMILES string of the molecule is CCc1nc2c(C(C)C)nn(CC(=O)Nc3ccnnc3)c(=O)c2s1. The molecular formula is C16H18N6O2S. The average molecular weight is 358 g/mol. The fourth-order valence-electron chi connectivity index (χ4n) is 2.37. The summed E-state index contributed by atoms with van der Waals surface area (Å²) in [4.78, 5) is 29.5. The maximum Gasteiger partial charge on any atom is 0.286 e. The van der Waals surface area contributed by atoms with Crippen LogP contribution in [0.15, 0.2) is 23.3 Å². The third-order valence-corrected chi connectivity index (χ3v) is 4.77. The number of hydrogen-bond donors (Lipinski definition) is 1. The van der Waals surface area contributed by atoms with Gasteiger partial charge in [0, 0.05) is 0 Å². The Morgan fingerprint density at radius 3 is 2.80 bits per heavy atom. The van der Waals surface area contributed by atoms with Crippen molar-refractivity contribution in [2.75, 3.05) is 5.32 Å². The van der Waals surface area contributed by atoms with Gasteiger partial charge in [0.15, 0.2) is 0 Å². The number of anilines is 1. The van der Waals surface area contributed by atoms with Gasteiger partial charge in [0.2, 0.25) is 5.91 Å². The van der Waals surface area contributed by atoms with E-state index in [1.807, 2.05) is 20.8 Å². The van der Waals surface area contributed by atoms with Gasteiger partial charge in [-0.15, -0.1) is 11.3 Å². The minimum Gasteiger partial charge on any atom is -0.323 e. The van der Waals surface area contributed by atoms with Crippen LogP contribution in [-0.4, -0.2) is 30.9 Å². The highest BCUT2D eigenvalue weighted by Crippen LogP contribution is 2.25.